The molecule has 1 rings (SSSR count). The molecule has 3 heteroatoms. The first-order chi connectivity index (χ1) is 7.49. The molecule has 2 N–H and O–H groups in total. The number of benzene rings is 1. The smallest absolute Gasteiger partial charge is 0.256 e. The normalized spacial score (nSPS) is 10.6. The van der Waals surface area contributed by atoms with Crippen LogP contribution in [0.15, 0.2) is 18.2 Å². The zero-order valence-corrected chi connectivity index (χ0v) is 10.4. The molecule has 0 fully saturated rings. The third kappa shape index (κ3) is 2.35. The number of hydrogen-bond acceptors (Lipinski definition) is 2. The molecule has 0 bridgehead atoms. The van der Waals surface area contributed by atoms with Gasteiger partial charge < -0.3 is 10.6 Å². The van der Waals surface area contributed by atoms with E-state index in [1.807, 2.05) is 44.7 Å². The van der Waals surface area contributed by atoms with E-state index in [2.05, 4.69) is 0 Å². The Balaban J connectivity index is 3.13. The topological polar surface area (TPSA) is 46.3 Å². The average Bonchev–Trinajstić information content (AvgIpc) is 2.17. The van der Waals surface area contributed by atoms with E-state index < -0.39 is 0 Å². The van der Waals surface area contributed by atoms with E-state index in [1.54, 1.807) is 6.07 Å². The van der Waals surface area contributed by atoms with Crippen molar-refractivity contribution in [1.82, 2.24) is 4.90 Å². The summed E-state index contributed by atoms with van der Waals surface area (Å²) in [5, 5.41) is 0. The van der Waals surface area contributed by atoms with Crippen LogP contribution in [0, 0.1) is 6.92 Å². The summed E-state index contributed by atoms with van der Waals surface area (Å²) in [7, 11) is 0. The first-order valence-corrected chi connectivity index (χ1v) is 5.65. The van der Waals surface area contributed by atoms with Gasteiger partial charge in [-0.2, -0.15) is 0 Å². The van der Waals surface area contributed by atoms with Gasteiger partial charge in [0.25, 0.3) is 5.91 Å². The first kappa shape index (κ1) is 12.6. The molecule has 0 atom stereocenters. The fourth-order valence-electron chi connectivity index (χ4n) is 1.87. The van der Waals surface area contributed by atoms with Crippen LogP contribution in [0.3, 0.4) is 0 Å². The number of amides is 1. The molecule has 0 unspecified atom stereocenters. The highest BCUT2D eigenvalue weighted by Gasteiger charge is 2.20. The summed E-state index contributed by atoms with van der Waals surface area (Å²) in [6.45, 7) is 8.61. The summed E-state index contributed by atoms with van der Waals surface area (Å²) >= 11 is 0. The van der Waals surface area contributed by atoms with Crippen molar-refractivity contribution < 1.29 is 4.79 Å². The summed E-state index contributed by atoms with van der Waals surface area (Å²) in [5.74, 6) is 0.0214. The minimum absolute atomic E-state index is 0.0214. The molecule has 0 aliphatic carbocycles. The van der Waals surface area contributed by atoms with Crippen LogP contribution in [0.4, 0.5) is 5.69 Å². The van der Waals surface area contributed by atoms with Crippen molar-refractivity contribution in [3.05, 3.63) is 29.3 Å². The summed E-state index contributed by atoms with van der Waals surface area (Å²) in [4.78, 5) is 14.1. The minimum atomic E-state index is 0.0214. The summed E-state index contributed by atoms with van der Waals surface area (Å²) in [6, 6.07) is 5.75. The Hall–Kier alpha value is -1.51. The van der Waals surface area contributed by atoms with E-state index in [0.29, 0.717) is 17.8 Å². The van der Waals surface area contributed by atoms with Gasteiger partial charge in [-0.3, -0.25) is 4.79 Å². The van der Waals surface area contributed by atoms with Crippen molar-refractivity contribution >= 4 is 11.6 Å². The highest BCUT2D eigenvalue weighted by atomic mass is 16.2. The van der Waals surface area contributed by atoms with Gasteiger partial charge in [-0.1, -0.05) is 12.1 Å². The summed E-state index contributed by atoms with van der Waals surface area (Å²) in [5.41, 5.74) is 8.00. The fourth-order valence-corrected chi connectivity index (χ4v) is 1.87. The average molecular weight is 220 g/mol. The maximum atomic E-state index is 12.3. The quantitative estimate of drug-likeness (QED) is 0.795. The lowest BCUT2D eigenvalue weighted by atomic mass is 10.0. The Morgan fingerprint density at radius 3 is 2.50 bits per heavy atom. The van der Waals surface area contributed by atoms with Gasteiger partial charge in [0, 0.05) is 18.3 Å². The molecule has 0 aliphatic rings. The lowest BCUT2D eigenvalue weighted by Crippen LogP contribution is -2.37. The molecule has 88 valence electrons. The number of anilines is 1. The van der Waals surface area contributed by atoms with Gasteiger partial charge in [0.1, 0.15) is 0 Å². The zero-order chi connectivity index (χ0) is 12.3. The molecule has 0 radical (unpaired) electrons. The van der Waals surface area contributed by atoms with Gasteiger partial charge in [0.05, 0.1) is 5.56 Å². The molecule has 0 aromatic heterocycles. The van der Waals surface area contributed by atoms with Crippen molar-refractivity contribution in [2.24, 2.45) is 0 Å². The fraction of sp³-hybridized carbons (Fsp3) is 0.462. The number of aryl methyl sites for hydroxylation is 1. The molecule has 1 aromatic carbocycles. The molecule has 0 spiro atoms. The largest absolute Gasteiger partial charge is 0.398 e. The highest BCUT2D eigenvalue weighted by Crippen LogP contribution is 2.19. The van der Waals surface area contributed by atoms with Gasteiger partial charge >= 0.3 is 0 Å². The van der Waals surface area contributed by atoms with Gasteiger partial charge in [0.15, 0.2) is 0 Å². The molecule has 16 heavy (non-hydrogen) atoms. The van der Waals surface area contributed by atoms with Gasteiger partial charge in [-0.05, 0) is 39.3 Å². The third-order valence-corrected chi connectivity index (χ3v) is 2.74. The molecular formula is C13H20N2O. The lowest BCUT2D eigenvalue weighted by molar-refractivity contribution is 0.0717. The number of nitrogens with two attached hydrogens (primary N) is 1. The second-order valence-corrected chi connectivity index (χ2v) is 4.22. The van der Waals surface area contributed by atoms with Gasteiger partial charge in [0.2, 0.25) is 0 Å². The van der Waals surface area contributed by atoms with Crippen LogP contribution >= 0.6 is 0 Å². The lowest BCUT2D eigenvalue weighted by Gasteiger charge is -2.26. The molecule has 1 amide bonds. The van der Waals surface area contributed by atoms with E-state index >= 15 is 0 Å². The predicted molar refractivity (Wildman–Crippen MR) is 67.4 cm³/mol. The van der Waals surface area contributed by atoms with Crippen LogP contribution in [-0.2, 0) is 0 Å². The second kappa shape index (κ2) is 5.01. The van der Waals surface area contributed by atoms with Gasteiger partial charge in [-0.25, -0.2) is 0 Å². The van der Waals surface area contributed by atoms with Crippen LogP contribution < -0.4 is 5.73 Å². The number of carbonyl (C=O) groups is 1. The maximum Gasteiger partial charge on any atom is 0.256 e. The highest BCUT2D eigenvalue weighted by molar-refractivity contribution is 6.00. The number of nitrogens with zero attached hydrogens (tertiary/aromatic N) is 1. The van der Waals surface area contributed by atoms with Crippen molar-refractivity contribution in [3.8, 4) is 0 Å². The second-order valence-electron chi connectivity index (χ2n) is 4.22. The molecule has 1 aromatic rings. The standard InChI is InChI=1S/C13H20N2O/c1-5-15(9(2)3)13(16)12-10(4)7-6-8-11(12)14/h6-9H,5,14H2,1-4H3. The molecule has 3 nitrogen and oxygen atoms in total. The van der Waals surface area contributed by atoms with Crippen LogP contribution in [0.1, 0.15) is 36.7 Å². The van der Waals surface area contributed by atoms with Crippen molar-refractivity contribution in [3.63, 3.8) is 0 Å². The Morgan fingerprint density at radius 1 is 1.44 bits per heavy atom. The Bertz CT molecular complexity index is 365. The number of rotatable bonds is 3. The summed E-state index contributed by atoms with van der Waals surface area (Å²) < 4.78 is 0. The minimum Gasteiger partial charge on any atom is -0.398 e. The van der Waals surface area contributed by atoms with Crippen LogP contribution in [0.25, 0.3) is 0 Å². The van der Waals surface area contributed by atoms with E-state index in [4.69, 9.17) is 5.73 Å². The molecular weight excluding hydrogens is 200 g/mol. The summed E-state index contributed by atoms with van der Waals surface area (Å²) in [6.07, 6.45) is 0. The molecule has 0 aliphatic heterocycles. The Labute approximate surface area is 97.2 Å². The van der Waals surface area contributed by atoms with E-state index in [9.17, 15) is 4.79 Å². The third-order valence-electron chi connectivity index (χ3n) is 2.74. The van der Waals surface area contributed by atoms with Crippen molar-refractivity contribution in [2.75, 3.05) is 12.3 Å². The van der Waals surface area contributed by atoms with Gasteiger partial charge in [-0.15, -0.1) is 0 Å². The van der Waals surface area contributed by atoms with E-state index in [1.165, 1.54) is 0 Å². The molecule has 0 heterocycles. The molecule has 0 saturated heterocycles. The maximum absolute atomic E-state index is 12.3. The van der Waals surface area contributed by atoms with E-state index in [-0.39, 0.29) is 11.9 Å². The van der Waals surface area contributed by atoms with Crippen LogP contribution in [-0.4, -0.2) is 23.4 Å². The molecule has 0 saturated carbocycles. The Morgan fingerprint density at radius 2 is 2.06 bits per heavy atom. The van der Waals surface area contributed by atoms with Crippen LogP contribution in [0.2, 0.25) is 0 Å². The zero-order valence-electron chi connectivity index (χ0n) is 10.4. The first-order valence-electron chi connectivity index (χ1n) is 5.65. The number of carbonyl (C=O) groups excluding carboxylic acids is 1. The van der Waals surface area contributed by atoms with E-state index in [0.717, 1.165) is 5.56 Å². The van der Waals surface area contributed by atoms with Crippen LogP contribution in [0.5, 0.6) is 0 Å². The van der Waals surface area contributed by atoms with Crippen molar-refractivity contribution in [2.45, 2.75) is 33.7 Å². The Kier molecular flexibility index (Phi) is 3.93. The predicted octanol–water partition coefficient (Wildman–Crippen LogP) is 2.45. The van der Waals surface area contributed by atoms with Crippen molar-refractivity contribution in [1.29, 1.82) is 0 Å². The number of hydrogen-bond donors (Lipinski definition) is 1. The SMILES string of the molecule is CCN(C(=O)c1c(C)cccc1N)C(C)C. The monoisotopic (exact) mass is 220 g/mol. The number of nitrogen functional groups attached to an aromatic ring is 1.